The van der Waals surface area contributed by atoms with E-state index in [1.54, 1.807) is 6.07 Å². The van der Waals surface area contributed by atoms with Crippen molar-refractivity contribution in [1.29, 1.82) is 0 Å². The third kappa shape index (κ3) is 3.83. The SMILES string of the molecule is Cc1ccc(CNC(=O)N2CCC(c3cc(N)on3)CC2)cc1. The van der Waals surface area contributed by atoms with E-state index in [-0.39, 0.29) is 6.03 Å². The highest BCUT2D eigenvalue weighted by Gasteiger charge is 2.25. The van der Waals surface area contributed by atoms with Crippen molar-refractivity contribution in [3.8, 4) is 0 Å². The number of nitrogens with one attached hydrogen (secondary N) is 1. The van der Waals surface area contributed by atoms with E-state index < -0.39 is 0 Å². The maximum absolute atomic E-state index is 12.2. The van der Waals surface area contributed by atoms with Gasteiger partial charge in [0.05, 0.1) is 5.69 Å². The Morgan fingerprint density at radius 1 is 1.35 bits per heavy atom. The molecule has 1 saturated heterocycles. The monoisotopic (exact) mass is 314 g/mol. The number of nitrogens with two attached hydrogens (primary N) is 1. The highest BCUT2D eigenvalue weighted by Crippen LogP contribution is 2.28. The molecule has 2 heterocycles. The highest BCUT2D eigenvalue weighted by molar-refractivity contribution is 5.74. The smallest absolute Gasteiger partial charge is 0.317 e. The Labute approximate surface area is 135 Å². The molecule has 1 aromatic carbocycles. The number of hydrogen-bond acceptors (Lipinski definition) is 4. The van der Waals surface area contributed by atoms with Crippen LogP contribution in [0.25, 0.3) is 0 Å². The van der Waals surface area contributed by atoms with E-state index in [9.17, 15) is 4.79 Å². The Kier molecular flexibility index (Phi) is 4.50. The average Bonchev–Trinajstić information content (AvgIpc) is 3.01. The lowest BCUT2D eigenvalue weighted by molar-refractivity contribution is 0.180. The van der Waals surface area contributed by atoms with Crippen molar-refractivity contribution >= 4 is 11.9 Å². The van der Waals surface area contributed by atoms with Crippen molar-refractivity contribution in [3.63, 3.8) is 0 Å². The van der Waals surface area contributed by atoms with Crippen molar-refractivity contribution < 1.29 is 9.32 Å². The van der Waals surface area contributed by atoms with Gasteiger partial charge in [-0.15, -0.1) is 0 Å². The normalized spacial score (nSPS) is 15.6. The summed E-state index contributed by atoms with van der Waals surface area (Å²) in [5, 5.41) is 6.95. The molecule has 3 N–H and O–H groups in total. The van der Waals surface area contributed by atoms with Gasteiger partial charge in [-0.1, -0.05) is 35.0 Å². The van der Waals surface area contributed by atoms with E-state index in [0.29, 0.717) is 18.3 Å². The van der Waals surface area contributed by atoms with Crippen LogP contribution in [0.3, 0.4) is 0 Å². The summed E-state index contributed by atoms with van der Waals surface area (Å²) in [6.07, 6.45) is 1.76. The molecule has 1 aromatic heterocycles. The fourth-order valence-electron chi connectivity index (χ4n) is 2.87. The molecule has 2 amide bonds. The van der Waals surface area contributed by atoms with Crippen LogP contribution in [0.2, 0.25) is 0 Å². The van der Waals surface area contributed by atoms with Crippen LogP contribution in [0.4, 0.5) is 10.7 Å². The van der Waals surface area contributed by atoms with Crippen molar-refractivity contribution in [2.24, 2.45) is 0 Å². The van der Waals surface area contributed by atoms with E-state index in [0.717, 1.165) is 37.2 Å². The number of benzene rings is 1. The minimum atomic E-state index is -0.0105. The molecular formula is C17H22N4O2. The summed E-state index contributed by atoms with van der Waals surface area (Å²) in [5.41, 5.74) is 8.78. The molecular weight excluding hydrogens is 292 g/mol. The molecule has 0 atom stereocenters. The lowest BCUT2D eigenvalue weighted by Crippen LogP contribution is -2.43. The number of amides is 2. The van der Waals surface area contributed by atoms with Gasteiger partial charge in [-0.2, -0.15) is 0 Å². The van der Waals surface area contributed by atoms with Crippen LogP contribution in [-0.4, -0.2) is 29.2 Å². The molecule has 1 aliphatic heterocycles. The summed E-state index contributed by atoms with van der Waals surface area (Å²) in [7, 11) is 0. The van der Waals surface area contributed by atoms with Crippen molar-refractivity contribution in [1.82, 2.24) is 15.4 Å². The van der Waals surface area contributed by atoms with Crippen LogP contribution < -0.4 is 11.1 Å². The van der Waals surface area contributed by atoms with Gasteiger partial charge in [-0.3, -0.25) is 0 Å². The van der Waals surface area contributed by atoms with Gasteiger partial charge in [-0.05, 0) is 25.3 Å². The van der Waals surface area contributed by atoms with E-state index in [2.05, 4.69) is 29.5 Å². The Morgan fingerprint density at radius 3 is 2.65 bits per heavy atom. The molecule has 122 valence electrons. The number of anilines is 1. The predicted molar refractivity (Wildman–Crippen MR) is 87.9 cm³/mol. The topological polar surface area (TPSA) is 84.4 Å². The molecule has 2 aromatic rings. The molecule has 0 spiro atoms. The first-order chi connectivity index (χ1) is 11.1. The predicted octanol–water partition coefficient (Wildman–Crippen LogP) is 2.65. The number of carbonyl (C=O) groups is 1. The third-order valence-electron chi connectivity index (χ3n) is 4.31. The second-order valence-electron chi connectivity index (χ2n) is 6.06. The van der Waals surface area contributed by atoms with Crippen LogP contribution in [-0.2, 0) is 6.54 Å². The van der Waals surface area contributed by atoms with Crippen LogP contribution in [0, 0.1) is 6.92 Å². The zero-order chi connectivity index (χ0) is 16.2. The Bertz CT molecular complexity index is 657. The standard InChI is InChI=1S/C17H22N4O2/c1-12-2-4-13(5-3-12)11-19-17(22)21-8-6-14(7-9-21)15-10-16(18)23-20-15/h2-5,10,14H,6-9,11,18H2,1H3,(H,19,22). The molecule has 0 saturated carbocycles. The fraction of sp³-hybridized carbons (Fsp3) is 0.412. The Morgan fingerprint density at radius 2 is 2.04 bits per heavy atom. The number of nitrogens with zero attached hydrogens (tertiary/aromatic N) is 2. The van der Waals surface area contributed by atoms with E-state index in [4.69, 9.17) is 10.3 Å². The van der Waals surface area contributed by atoms with Gasteiger partial charge in [-0.25, -0.2) is 4.79 Å². The second kappa shape index (κ2) is 6.73. The van der Waals surface area contributed by atoms with Gasteiger partial charge >= 0.3 is 6.03 Å². The summed E-state index contributed by atoms with van der Waals surface area (Å²) in [5.74, 6) is 0.662. The highest BCUT2D eigenvalue weighted by atomic mass is 16.5. The number of aromatic nitrogens is 1. The van der Waals surface area contributed by atoms with Crippen molar-refractivity contribution in [2.45, 2.75) is 32.2 Å². The largest absolute Gasteiger partial charge is 0.368 e. The van der Waals surface area contributed by atoms with E-state index in [1.165, 1.54) is 5.56 Å². The van der Waals surface area contributed by atoms with Gasteiger partial charge in [0.2, 0.25) is 5.88 Å². The van der Waals surface area contributed by atoms with Gasteiger partial charge in [0.25, 0.3) is 0 Å². The maximum atomic E-state index is 12.2. The van der Waals surface area contributed by atoms with E-state index in [1.807, 2.05) is 17.0 Å². The summed E-state index contributed by atoms with van der Waals surface area (Å²) in [6, 6.07) is 9.95. The number of carbonyl (C=O) groups excluding carboxylic acids is 1. The molecule has 3 rings (SSSR count). The molecule has 0 bridgehead atoms. The summed E-state index contributed by atoms with van der Waals surface area (Å²) in [4.78, 5) is 14.1. The van der Waals surface area contributed by atoms with Crippen molar-refractivity contribution in [3.05, 3.63) is 47.2 Å². The van der Waals surface area contributed by atoms with Gasteiger partial charge in [0.15, 0.2) is 0 Å². The fourth-order valence-corrected chi connectivity index (χ4v) is 2.87. The van der Waals surface area contributed by atoms with Crippen LogP contribution >= 0.6 is 0 Å². The van der Waals surface area contributed by atoms with E-state index >= 15 is 0 Å². The zero-order valence-electron chi connectivity index (χ0n) is 13.3. The number of urea groups is 1. The first kappa shape index (κ1) is 15.4. The quantitative estimate of drug-likeness (QED) is 0.912. The lowest BCUT2D eigenvalue weighted by Gasteiger charge is -2.31. The molecule has 0 unspecified atom stereocenters. The maximum Gasteiger partial charge on any atom is 0.317 e. The minimum absolute atomic E-state index is 0.0105. The minimum Gasteiger partial charge on any atom is -0.368 e. The molecule has 0 radical (unpaired) electrons. The van der Waals surface area contributed by atoms with Gasteiger partial charge < -0.3 is 20.5 Å². The van der Waals surface area contributed by atoms with Crippen molar-refractivity contribution in [2.75, 3.05) is 18.8 Å². The first-order valence-electron chi connectivity index (χ1n) is 7.92. The summed E-state index contributed by atoms with van der Waals surface area (Å²) in [6.45, 7) is 4.04. The van der Waals surface area contributed by atoms with Gasteiger partial charge in [0, 0.05) is 31.6 Å². The molecule has 23 heavy (non-hydrogen) atoms. The first-order valence-corrected chi connectivity index (χ1v) is 7.92. The van der Waals surface area contributed by atoms with Gasteiger partial charge in [0.1, 0.15) is 0 Å². The van der Waals surface area contributed by atoms with Crippen LogP contribution in [0.5, 0.6) is 0 Å². The molecule has 1 aliphatic rings. The molecule has 0 aliphatic carbocycles. The number of rotatable bonds is 3. The summed E-state index contributed by atoms with van der Waals surface area (Å²) >= 11 is 0. The number of piperidine rings is 1. The Hall–Kier alpha value is -2.50. The average molecular weight is 314 g/mol. The molecule has 6 heteroatoms. The number of aryl methyl sites for hydroxylation is 1. The number of hydrogen-bond donors (Lipinski definition) is 2. The van der Waals surface area contributed by atoms with Crippen LogP contribution in [0.1, 0.15) is 35.6 Å². The zero-order valence-corrected chi connectivity index (χ0v) is 13.3. The number of likely N-dealkylation sites (tertiary alicyclic amines) is 1. The molecule has 1 fully saturated rings. The lowest BCUT2D eigenvalue weighted by atomic mass is 9.94. The second-order valence-corrected chi connectivity index (χ2v) is 6.06. The van der Waals surface area contributed by atoms with Crippen LogP contribution in [0.15, 0.2) is 34.9 Å². The summed E-state index contributed by atoms with van der Waals surface area (Å²) < 4.78 is 4.92. The third-order valence-corrected chi connectivity index (χ3v) is 4.31. The number of nitrogen functional groups attached to an aromatic ring is 1. The Balaban J connectivity index is 1.47. The molecule has 6 nitrogen and oxygen atoms in total.